The van der Waals surface area contributed by atoms with Gasteiger partial charge in [-0.1, -0.05) is 24.3 Å². The van der Waals surface area contributed by atoms with Gasteiger partial charge >= 0.3 is 18.0 Å². The molecule has 25 heavy (non-hydrogen) atoms. The van der Waals surface area contributed by atoms with Crippen LogP contribution in [0.3, 0.4) is 0 Å². The smallest absolute Gasteiger partial charge is 0.442 e. The number of aromatic hydroxyl groups is 1. The highest BCUT2D eigenvalue weighted by atomic mass is 19.4. The summed E-state index contributed by atoms with van der Waals surface area (Å²) in [6.45, 7) is 0. The van der Waals surface area contributed by atoms with Gasteiger partial charge in [0, 0.05) is 16.3 Å². The average Bonchev–Trinajstić information content (AvgIpc) is 2.85. The van der Waals surface area contributed by atoms with E-state index in [1.807, 2.05) is 0 Å². The maximum atomic E-state index is 13.7. The standard InChI is InChI=1S/C17H8F6O2/c18-16(19,20)15(17(21,22)23)14-12-8(3-1-5-10(12)24)7-9-4-2-6-11(25-15)13(9)14/h1-7,24H. The molecule has 130 valence electrons. The van der Waals surface area contributed by atoms with E-state index in [2.05, 4.69) is 4.74 Å². The quantitative estimate of drug-likeness (QED) is 0.430. The van der Waals surface area contributed by atoms with Crippen LogP contribution in [0.1, 0.15) is 5.56 Å². The Balaban J connectivity index is 2.32. The summed E-state index contributed by atoms with van der Waals surface area (Å²) in [5.41, 5.74) is -5.66. The van der Waals surface area contributed by atoms with Gasteiger partial charge in [-0.05, 0) is 29.0 Å². The van der Waals surface area contributed by atoms with Crippen molar-refractivity contribution < 1.29 is 36.2 Å². The molecule has 3 aromatic carbocycles. The second-order valence-corrected chi connectivity index (χ2v) is 5.76. The van der Waals surface area contributed by atoms with Crippen molar-refractivity contribution in [3.8, 4) is 11.5 Å². The van der Waals surface area contributed by atoms with Crippen molar-refractivity contribution in [3.63, 3.8) is 0 Å². The van der Waals surface area contributed by atoms with E-state index in [0.717, 1.165) is 12.1 Å². The fourth-order valence-corrected chi connectivity index (χ4v) is 3.39. The van der Waals surface area contributed by atoms with Crippen LogP contribution in [-0.2, 0) is 5.60 Å². The summed E-state index contributed by atoms with van der Waals surface area (Å²) in [6, 6.07) is 8.92. The number of halogens is 6. The molecule has 2 nitrogen and oxygen atoms in total. The SMILES string of the molecule is Oc1cccc2cc3cccc4c3c(c12)C(C(F)(F)F)(C(F)(F)F)O4. The molecule has 8 heteroatoms. The summed E-state index contributed by atoms with van der Waals surface area (Å²) >= 11 is 0. The number of hydrogen-bond donors (Lipinski definition) is 1. The zero-order valence-corrected chi connectivity index (χ0v) is 12.2. The van der Waals surface area contributed by atoms with Crippen LogP contribution >= 0.6 is 0 Å². The minimum atomic E-state index is -5.78. The summed E-state index contributed by atoms with van der Waals surface area (Å²) < 4.78 is 87.0. The first kappa shape index (κ1) is 15.9. The van der Waals surface area contributed by atoms with Crippen molar-refractivity contribution in [3.05, 3.63) is 48.0 Å². The van der Waals surface area contributed by atoms with E-state index >= 15 is 0 Å². The van der Waals surface area contributed by atoms with Crippen molar-refractivity contribution in [2.24, 2.45) is 0 Å². The van der Waals surface area contributed by atoms with E-state index in [1.54, 1.807) is 0 Å². The van der Waals surface area contributed by atoms with E-state index in [1.165, 1.54) is 30.3 Å². The zero-order valence-electron chi connectivity index (χ0n) is 12.2. The summed E-state index contributed by atoms with van der Waals surface area (Å²) in [6.07, 6.45) is -11.6. The number of phenols is 1. The Labute approximate surface area is 136 Å². The Morgan fingerprint density at radius 1 is 0.800 bits per heavy atom. The molecule has 0 saturated carbocycles. The normalized spacial score (nSPS) is 16.4. The third-order valence-corrected chi connectivity index (χ3v) is 4.36. The Morgan fingerprint density at radius 2 is 1.36 bits per heavy atom. The van der Waals surface area contributed by atoms with Crippen molar-refractivity contribution >= 4 is 21.5 Å². The number of phenolic OH excluding ortho intramolecular Hbond substituents is 1. The lowest BCUT2D eigenvalue weighted by atomic mass is 9.85. The summed E-state index contributed by atoms with van der Waals surface area (Å²) in [5.74, 6) is -1.19. The second-order valence-electron chi connectivity index (χ2n) is 5.76. The van der Waals surface area contributed by atoms with Gasteiger partial charge in [-0.15, -0.1) is 0 Å². The maximum absolute atomic E-state index is 13.7. The van der Waals surface area contributed by atoms with Gasteiger partial charge in [0.25, 0.3) is 0 Å². The zero-order chi connectivity index (χ0) is 18.2. The van der Waals surface area contributed by atoms with Crippen LogP contribution < -0.4 is 4.74 Å². The summed E-state index contributed by atoms with van der Waals surface area (Å²) in [4.78, 5) is 0. The van der Waals surface area contributed by atoms with Gasteiger partial charge < -0.3 is 9.84 Å². The van der Waals surface area contributed by atoms with Crippen LogP contribution in [0.25, 0.3) is 21.5 Å². The number of rotatable bonds is 0. The lowest BCUT2D eigenvalue weighted by Gasteiger charge is -2.34. The van der Waals surface area contributed by atoms with E-state index in [0.29, 0.717) is 0 Å². The van der Waals surface area contributed by atoms with Crippen molar-refractivity contribution in [1.82, 2.24) is 0 Å². The van der Waals surface area contributed by atoms with Gasteiger partial charge in [0.15, 0.2) is 0 Å². The van der Waals surface area contributed by atoms with Crippen LogP contribution in [0.2, 0.25) is 0 Å². The molecule has 4 rings (SSSR count). The number of fused-ring (bicyclic) bond motifs is 2. The molecular weight excluding hydrogens is 350 g/mol. The topological polar surface area (TPSA) is 29.5 Å². The molecule has 1 N–H and O–H groups in total. The van der Waals surface area contributed by atoms with Crippen molar-refractivity contribution in [2.75, 3.05) is 0 Å². The summed E-state index contributed by atoms with van der Waals surface area (Å²) in [5, 5.41) is 9.45. The lowest BCUT2D eigenvalue weighted by Crippen LogP contribution is -2.56. The third kappa shape index (κ3) is 1.82. The molecular formula is C17H8F6O2. The molecule has 0 atom stereocenters. The van der Waals surface area contributed by atoms with Gasteiger partial charge in [-0.3, -0.25) is 0 Å². The molecule has 0 radical (unpaired) electrons. The molecule has 1 aliphatic rings. The highest BCUT2D eigenvalue weighted by molar-refractivity contribution is 6.09. The van der Waals surface area contributed by atoms with Crippen LogP contribution in [0.4, 0.5) is 26.3 Å². The molecule has 0 aliphatic carbocycles. The number of benzene rings is 3. The highest BCUT2D eigenvalue weighted by Gasteiger charge is 2.77. The number of hydrogen-bond acceptors (Lipinski definition) is 2. The van der Waals surface area contributed by atoms with Gasteiger partial charge in [-0.2, -0.15) is 26.3 Å². The minimum absolute atomic E-state index is 0.0584. The Kier molecular flexibility index (Phi) is 2.86. The van der Waals surface area contributed by atoms with Crippen LogP contribution in [0, 0.1) is 0 Å². The number of ether oxygens (including phenoxy) is 1. The fourth-order valence-electron chi connectivity index (χ4n) is 3.39. The third-order valence-electron chi connectivity index (χ3n) is 4.36. The van der Waals surface area contributed by atoms with E-state index in [-0.39, 0.29) is 16.2 Å². The molecule has 0 amide bonds. The monoisotopic (exact) mass is 358 g/mol. The van der Waals surface area contributed by atoms with E-state index < -0.39 is 40.4 Å². The molecule has 0 unspecified atom stereocenters. The first-order valence-corrected chi connectivity index (χ1v) is 7.08. The number of alkyl halides is 6. The lowest BCUT2D eigenvalue weighted by molar-refractivity contribution is -0.361. The van der Waals surface area contributed by atoms with Crippen LogP contribution in [0.15, 0.2) is 42.5 Å². The molecule has 0 bridgehead atoms. The second kappa shape index (κ2) is 4.50. The largest absolute Gasteiger partial charge is 0.507 e. The van der Waals surface area contributed by atoms with E-state index in [4.69, 9.17) is 0 Å². The Bertz CT molecular complexity index is 1010. The molecule has 3 aromatic rings. The first-order chi connectivity index (χ1) is 11.6. The van der Waals surface area contributed by atoms with Gasteiger partial charge in [0.2, 0.25) is 0 Å². The predicted molar refractivity (Wildman–Crippen MR) is 77.5 cm³/mol. The predicted octanol–water partition coefficient (Wildman–Crippen LogP) is 5.41. The Morgan fingerprint density at radius 3 is 1.96 bits per heavy atom. The molecule has 0 fully saturated rings. The Hall–Kier alpha value is -2.64. The van der Waals surface area contributed by atoms with Gasteiger partial charge in [-0.25, -0.2) is 0 Å². The van der Waals surface area contributed by atoms with Gasteiger partial charge in [0.1, 0.15) is 11.5 Å². The maximum Gasteiger partial charge on any atom is 0.442 e. The van der Waals surface area contributed by atoms with Crippen LogP contribution in [-0.4, -0.2) is 17.5 Å². The first-order valence-electron chi connectivity index (χ1n) is 7.08. The van der Waals surface area contributed by atoms with Crippen molar-refractivity contribution in [1.29, 1.82) is 0 Å². The molecule has 1 heterocycles. The minimum Gasteiger partial charge on any atom is -0.507 e. The van der Waals surface area contributed by atoms with Gasteiger partial charge in [0.05, 0.1) is 0 Å². The molecule has 0 spiro atoms. The fraction of sp³-hybridized carbons (Fsp3) is 0.176. The average molecular weight is 358 g/mol. The molecule has 0 saturated heterocycles. The molecule has 0 aromatic heterocycles. The van der Waals surface area contributed by atoms with E-state index in [9.17, 15) is 31.4 Å². The van der Waals surface area contributed by atoms with Crippen molar-refractivity contribution in [2.45, 2.75) is 18.0 Å². The molecule has 1 aliphatic heterocycles. The summed E-state index contributed by atoms with van der Waals surface area (Å²) in [7, 11) is 0. The van der Waals surface area contributed by atoms with Crippen LogP contribution in [0.5, 0.6) is 11.5 Å². The highest BCUT2D eigenvalue weighted by Crippen LogP contribution is 2.61.